The van der Waals surface area contributed by atoms with E-state index in [1.165, 1.54) is 6.08 Å². The molecule has 0 amide bonds. The van der Waals surface area contributed by atoms with Gasteiger partial charge in [-0.1, -0.05) is 35.9 Å². The highest BCUT2D eigenvalue weighted by Crippen LogP contribution is 2.06. The van der Waals surface area contributed by atoms with Crippen LogP contribution in [0.1, 0.15) is 12.5 Å². The smallest absolute Gasteiger partial charge is 0.328 e. The Morgan fingerprint density at radius 1 is 1.33 bits per heavy atom. The average Bonchev–Trinajstić information content (AvgIpc) is 2.29. The molecular weight excluding hydrogens is 230 g/mol. The van der Waals surface area contributed by atoms with E-state index in [9.17, 15) is 4.79 Å². The molecule has 0 heterocycles. The number of aliphatic hydroxyl groups excluding tert-OH is 1. The normalized spacial score (nSPS) is 11.8. The highest BCUT2D eigenvalue weighted by atomic mass is 16.4. The van der Waals surface area contributed by atoms with E-state index in [-0.39, 0.29) is 6.61 Å². The van der Waals surface area contributed by atoms with Gasteiger partial charge < -0.3 is 10.2 Å². The Morgan fingerprint density at radius 3 is 2.56 bits per heavy atom. The highest BCUT2D eigenvalue weighted by molar-refractivity contribution is 5.80. The van der Waals surface area contributed by atoms with Crippen molar-refractivity contribution in [1.82, 2.24) is 4.90 Å². The Kier molecular flexibility index (Phi) is 6.11. The Bertz CT molecular complexity index is 401. The first kappa shape index (κ1) is 14.4. The molecule has 1 aromatic carbocycles. The van der Waals surface area contributed by atoms with Crippen molar-refractivity contribution < 1.29 is 15.0 Å². The maximum absolute atomic E-state index is 10.6. The van der Waals surface area contributed by atoms with Gasteiger partial charge in [0.25, 0.3) is 0 Å². The van der Waals surface area contributed by atoms with Gasteiger partial charge in [0.15, 0.2) is 0 Å². The number of rotatable bonds is 7. The average molecular weight is 249 g/mol. The number of nitrogens with zero attached hydrogens (tertiary/aromatic N) is 1. The van der Waals surface area contributed by atoms with E-state index in [4.69, 9.17) is 10.2 Å². The molecule has 1 rings (SSSR count). The first-order valence-corrected chi connectivity index (χ1v) is 5.89. The third-order valence-corrected chi connectivity index (χ3v) is 2.51. The SMILES string of the molecule is C/C(=C\C(=O)O)CN(CCO)Cc1ccccc1. The molecule has 0 aliphatic heterocycles. The topological polar surface area (TPSA) is 60.8 Å². The monoisotopic (exact) mass is 249 g/mol. The molecule has 0 unspecified atom stereocenters. The van der Waals surface area contributed by atoms with Crippen molar-refractivity contribution in [3.8, 4) is 0 Å². The molecule has 0 saturated carbocycles. The lowest BCUT2D eigenvalue weighted by molar-refractivity contribution is -0.131. The number of carboxylic acids is 1. The summed E-state index contributed by atoms with van der Waals surface area (Å²) in [5.41, 5.74) is 1.92. The van der Waals surface area contributed by atoms with Gasteiger partial charge >= 0.3 is 5.97 Å². The molecule has 0 aliphatic rings. The van der Waals surface area contributed by atoms with Crippen LogP contribution < -0.4 is 0 Å². The van der Waals surface area contributed by atoms with Gasteiger partial charge in [0.05, 0.1) is 6.61 Å². The first-order valence-electron chi connectivity index (χ1n) is 5.89. The summed E-state index contributed by atoms with van der Waals surface area (Å²) >= 11 is 0. The van der Waals surface area contributed by atoms with Crippen LogP contribution in [0.2, 0.25) is 0 Å². The standard InChI is InChI=1S/C14H19NO3/c1-12(9-14(17)18)10-15(7-8-16)11-13-5-3-2-4-6-13/h2-6,9,16H,7-8,10-11H2,1H3,(H,17,18)/b12-9+. The summed E-state index contributed by atoms with van der Waals surface area (Å²) in [6.07, 6.45) is 1.20. The number of carbonyl (C=O) groups is 1. The molecule has 1 aromatic rings. The predicted octanol–water partition coefficient (Wildman–Crippen LogP) is 1.51. The molecule has 0 fully saturated rings. The van der Waals surface area contributed by atoms with Crippen molar-refractivity contribution in [3.63, 3.8) is 0 Å². The summed E-state index contributed by atoms with van der Waals surface area (Å²) in [5.74, 6) is -0.934. The molecular formula is C14H19NO3. The fraction of sp³-hybridized carbons (Fsp3) is 0.357. The lowest BCUT2D eigenvalue weighted by Crippen LogP contribution is -2.28. The van der Waals surface area contributed by atoms with Crippen LogP contribution in [-0.4, -0.2) is 40.8 Å². The molecule has 18 heavy (non-hydrogen) atoms. The predicted molar refractivity (Wildman–Crippen MR) is 70.2 cm³/mol. The van der Waals surface area contributed by atoms with E-state index in [1.54, 1.807) is 6.92 Å². The third-order valence-electron chi connectivity index (χ3n) is 2.51. The number of aliphatic hydroxyl groups is 1. The van der Waals surface area contributed by atoms with Crippen molar-refractivity contribution in [3.05, 3.63) is 47.5 Å². The summed E-state index contributed by atoms with van der Waals surface area (Å²) in [6.45, 7) is 3.62. The van der Waals surface area contributed by atoms with Crippen LogP contribution in [0.5, 0.6) is 0 Å². The van der Waals surface area contributed by atoms with Gasteiger partial charge in [-0.05, 0) is 12.5 Å². The molecule has 2 N–H and O–H groups in total. The van der Waals surface area contributed by atoms with Crippen LogP contribution in [0.15, 0.2) is 42.0 Å². The van der Waals surface area contributed by atoms with Crippen molar-refractivity contribution in [2.24, 2.45) is 0 Å². The highest BCUT2D eigenvalue weighted by Gasteiger charge is 2.06. The van der Waals surface area contributed by atoms with Gasteiger partial charge in [-0.3, -0.25) is 4.90 Å². The van der Waals surface area contributed by atoms with E-state index in [1.807, 2.05) is 35.2 Å². The number of aliphatic carboxylic acids is 1. The van der Waals surface area contributed by atoms with Crippen LogP contribution in [0.4, 0.5) is 0 Å². The van der Waals surface area contributed by atoms with E-state index < -0.39 is 5.97 Å². The maximum Gasteiger partial charge on any atom is 0.328 e. The lowest BCUT2D eigenvalue weighted by atomic mass is 10.2. The molecule has 0 saturated heterocycles. The van der Waals surface area contributed by atoms with Crippen LogP contribution >= 0.6 is 0 Å². The second-order valence-corrected chi connectivity index (χ2v) is 4.25. The lowest BCUT2D eigenvalue weighted by Gasteiger charge is -2.21. The Labute approximate surface area is 107 Å². The van der Waals surface area contributed by atoms with Crippen molar-refractivity contribution in [1.29, 1.82) is 0 Å². The molecule has 0 radical (unpaired) electrons. The molecule has 0 aromatic heterocycles. The number of hydrogen-bond donors (Lipinski definition) is 2. The minimum Gasteiger partial charge on any atom is -0.478 e. The van der Waals surface area contributed by atoms with Gasteiger partial charge in [0.1, 0.15) is 0 Å². The minimum absolute atomic E-state index is 0.0627. The van der Waals surface area contributed by atoms with Crippen LogP contribution in [-0.2, 0) is 11.3 Å². The molecule has 98 valence electrons. The van der Waals surface area contributed by atoms with Crippen LogP contribution in [0.25, 0.3) is 0 Å². The van der Waals surface area contributed by atoms with E-state index >= 15 is 0 Å². The van der Waals surface area contributed by atoms with Crippen molar-refractivity contribution in [2.45, 2.75) is 13.5 Å². The van der Waals surface area contributed by atoms with Gasteiger partial charge in [-0.25, -0.2) is 4.79 Å². The maximum atomic E-state index is 10.6. The molecule has 0 aliphatic carbocycles. The Morgan fingerprint density at radius 2 is 2.00 bits per heavy atom. The summed E-state index contributed by atoms with van der Waals surface area (Å²) in [5, 5.41) is 17.7. The summed E-state index contributed by atoms with van der Waals surface area (Å²) in [6, 6.07) is 9.91. The molecule has 0 spiro atoms. The van der Waals surface area contributed by atoms with E-state index in [0.717, 1.165) is 11.1 Å². The Hall–Kier alpha value is -1.65. The van der Waals surface area contributed by atoms with E-state index in [0.29, 0.717) is 19.6 Å². The van der Waals surface area contributed by atoms with Gasteiger partial charge in [0, 0.05) is 25.7 Å². The second kappa shape index (κ2) is 7.63. The summed E-state index contributed by atoms with van der Waals surface area (Å²) < 4.78 is 0. The zero-order valence-electron chi connectivity index (χ0n) is 10.5. The fourth-order valence-electron chi connectivity index (χ4n) is 1.81. The minimum atomic E-state index is -0.934. The van der Waals surface area contributed by atoms with E-state index in [2.05, 4.69) is 0 Å². The van der Waals surface area contributed by atoms with Crippen LogP contribution in [0.3, 0.4) is 0 Å². The fourth-order valence-corrected chi connectivity index (χ4v) is 1.81. The second-order valence-electron chi connectivity index (χ2n) is 4.25. The molecule has 4 heteroatoms. The van der Waals surface area contributed by atoms with Crippen molar-refractivity contribution in [2.75, 3.05) is 19.7 Å². The number of hydrogen-bond acceptors (Lipinski definition) is 3. The number of benzene rings is 1. The summed E-state index contributed by atoms with van der Waals surface area (Å²) in [4.78, 5) is 12.6. The molecule has 4 nitrogen and oxygen atoms in total. The van der Waals surface area contributed by atoms with Gasteiger partial charge in [-0.2, -0.15) is 0 Å². The zero-order chi connectivity index (χ0) is 13.4. The largest absolute Gasteiger partial charge is 0.478 e. The number of carboxylic acid groups (broad SMARTS) is 1. The van der Waals surface area contributed by atoms with Crippen LogP contribution in [0, 0.1) is 0 Å². The third kappa shape index (κ3) is 5.61. The Balaban J connectivity index is 2.63. The zero-order valence-corrected chi connectivity index (χ0v) is 10.5. The summed E-state index contributed by atoms with van der Waals surface area (Å²) in [7, 11) is 0. The molecule has 0 bridgehead atoms. The van der Waals surface area contributed by atoms with Gasteiger partial charge in [0.2, 0.25) is 0 Å². The molecule has 0 atom stereocenters. The van der Waals surface area contributed by atoms with Gasteiger partial charge in [-0.15, -0.1) is 0 Å². The quantitative estimate of drug-likeness (QED) is 0.719. The first-order chi connectivity index (χ1) is 8.61. The van der Waals surface area contributed by atoms with Crippen molar-refractivity contribution >= 4 is 5.97 Å².